The van der Waals surface area contributed by atoms with Gasteiger partial charge in [-0.05, 0) is 79.7 Å². The molecule has 4 aliphatic rings. The maximum atomic E-state index is 6.03. The molecule has 1 aromatic heterocycles. The molecular weight excluding hydrogens is 232 g/mol. The Balaban J connectivity index is 1.73. The number of nitrogens with two attached hydrogens (primary N) is 1. The van der Waals surface area contributed by atoms with Gasteiger partial charge >= 0.3 is 0 Å². The van der Waals surface area contributed by atoms with Crippen molar-refractivity contribution in [3.05, 3.63) is 29.6 Å². The molecule has 4 aliphatic carbocycles. The summed E-state index contributed by atoms with van der Waals surface area (Å²) in [5.41, 5.74) is 9.17. The topological polar surface area (TPSA) is 38.9 Å². The first-order valence-electron chi connectivity index (χ1n) is 7.86. The smallest absolute Gasteiger partial charge is 0.0315 e. The van der Waals surface area contributed by atoms with Crippen LogP contribution in [-0.2, 0) is 5.41 Å². The van der Waals surface area contributed by atoms with Crippen LogP contribution < -0.4 is 5.73 Å². The molecule has 5 rings (SSSR count). The van der Waals surface area contributed by atoms with Crippen molar-refractivity contribution in [1.29, 1.82) is 0 Å². The molecule has 0 aromatic carbocycles. The highest BCUT2D eigenvalue weighted by Crippen LogP contribution is 2.60. The van der Waals surface area contributed by atoms with Crippen LogP contribution in [0.15, 0.2) is 18.5 Å². The van der Waals surface area contributed by atoms with Gasteiger partial charge in [-0.15, -0.1) is 0 Å². The van der Waals surface area contributed by atoms with Crippen LogP contribution in [-0.4, -0.2) is 4.98 Å². The third-order valence-corrected chi connectivity index (χ3v) is 5.94. The fraction of sp³-hybridized carbons (Fsp3) is 0.706. The van der Waals surface area contributed by atoms with Gasteiger partial charge in [-0.1, -0.05) is 6.07 Å². The Morgan fingerprint density at radius 2 is 1.68 bits per heavy atom. The number of aromatic nitrogens is 1. The van der Waals surface area contributed by atoms with Crippen molar-refractivity contribution >= 4 is 0 Å². The molecule has 2 N–H and O–H groups in total. The quantitative estimate of drug-likeness (QED) is 0.878. The molecule has 0 saturated heterocycles. The van der Waals surface area contributed by atoms with E-state index in [1.165, 1.54) is 49.7 Å². The zero-order chi connectivity index (χ0) is 13.0. The summed E-state index contributed by atoms with van der Waals surface area (Å²) in [5, 5.41) is 0. The monoisotopic (exact) mass is 256 g/mol. The zero-order valence-electron chi connectivity index (χ0n) is 11.8. The second-order valence-electron chi connectivity index (χ2n) is 7.49. The van der Waals surface area contributed by atoms with E-state index in [1.54, 1.807) is 0 Å². The SMILES string of the molecule is CC(N)c1cncc(C23CC4CC(CC(C4)C2)C3)c1. The fourth-order valence-electron chi connectivity index (χ4n) is 5.46. The molecule has 4 bridgehead atoms. The van der Waals surface area contributed by atoms with Crippen LogP contribution in [0.25, 0.3) is 0 Å². The molecule has 0 radical (unpaired) electrons. The van der Waals surface area contributed by atoms with E-state index in [0.717, 1.165) is 17.8 Å². The van der Waals surface area contributed by atoms with Crippen molar-refractivity contribution in [2.45, 2.75) is 56.9 Å². The molecule has 102 valence electrons. The van der Waals surface area contributed by atoms with Crippen molar-refractivity contribution in [3.8, 4) is 0 Å². The molecule has 2 heteroatoms. The van der Waals surface area contributed by atoms with Gasteiger partial charge in [-0.2, -0.15) is 0 Å². The average Bonchev–Trinajstić information content (AvgIpc) is 2.37. The van der Waals surface area contributed by atoms with E-state index in [2.05, 4.69) is 24.2 Å². The summed E-state index contributed by atoms with van der Waals surface area (Å²) in [6.45, 7) is 2.06. The van der Waals surface area contributed by atoms with E-state index in [9.17, 15) is 0 Å². The molecule has 1 atom stereocenters. The first kappa shape index (κ1) is 11.9. The second-order valence-corrected chi connectivity index (χ2v) is 7.49. The van der Waals surface area contributed by atoms with E-state index in [4.69, 9.17) is 5.73 Å². The van der Waals surface area contributed by atoms with Crippen LogP contribution in [0.5, 0.6) is 0 Å². The first-order valence-corrected chi connectivity index (χ1v) is 7.86. The molecule has 4 fully saturated rings. The summed E-state index contributed by atoms with van der Waals surface area (Å²) >= 11 is 0. The lowest BCUT2D eigenvalue weighted by Gasteiger charge is -2.57. The van der Waals surface area contributed by atoms with Crippen LogP contribution in [0.2, 0.25) is 0 Å². The lowest BCUT2D eigenvalue weighted by atomic mass is 9.48. The van der Waals surface area contributed by atoms with Crippen LogP contribution in [0.3, 0.4) is 0 Å². The Hall–Kier alpha value is -0.890. The minimum atomic E-state index is 0.0985. The van der Waals surface area contributed by atoms with Crippen LogP contribution >= 0.6 is 0 Å². The highest BCUT2D eigenvalue weighted by atomic mass is 14.7. The van der Waals surface area contributed by atoms with Crippen LogP contribution in [0.4, 0.5) is 0 Å². The Morgan fingerprint density at radius 1 is 1.11 bits per heavy atom. The van der Waals surface area contributed by atoms with E-state index < -0.39 is 0 Å². The van der Waals surface area contributed by atoms with Crippen LogP contribution in [0.1, 0.15) is 62.6 Å². The normalized spacial score (nSPS) is 41.5. The lowest BCUT2D eigenvalue weighted by Crippen LogP contribution is -2.48. The molecule has 19 heavy (non-hydrogen) atoms. The number of hydrogen-bond acceptors (Lipinski definition) is 2. The highest BCUT2D eigenvalue weighted by molar-refractivity contribution is 5.31. The first-order chi connectivity index (χ1) is 9.14. The predicted molar refractivity (Wildman–Crippen MR) is 76.7 cm³/mol. The maximum absolute atomic E-state index is 6.03. The van der Waals surface area contributed by atoms with Gasteiger partial charge in [-0.3, -0.25) is 4.98 Å². The molecule has 2 nitrogen and oxygen atoms in total. The van der Waals surface area contributed by atoms with Gasteiger partial charge in [0, 0.05) is 18.4 Å². The minimum absolute atomic E-state index is 0.0985. The summed E-state index contributed by atoms with van der Waals surface area (Å²) in [7, 11) is 0. The van der Waals surface area contributed by atoms with Gasteiger partial charge < -0.3 is 5.73 Å². The summed E-state index contributed by atoms with van der Waals surface area (Å²) in [6, 6.07) is 2.45. The highest BCUT2D eigenvalue weighted by Gasteiger charge is 2.51. The van der Waals surface area contributed by atoms with Gasteiger partial charge in [0.2, 0.25) is 0 Å². The molecule has 0 spiro atoms. The van der Waals surface area contributed by atoms with Gasteiger partial charge in [0.05, 0.1) is 0 Å². The third-order valence-electron chi connectivity index (χ3n) is 5.94. The Morgan fingerprint density at radius 3 is 2.21 bits per heavy atom. The van der Waals surface area contributed by atoms with E-state index in [0.29, 0.717) is 5.41 Å². The average molecular weight is 256 g/mol. The molecule has 4 saturated carbocycles. The van der Waals surface area contributed by atoms with Crippen molar-refractivity contribution in [2.24, 2.45) is 23.5 Å². The molecule has 0 aliphatic heterocycles. The summed E-state index contributed by atoms with van der Waals surface area (Å²) < 4.78 is 0. The second kappa shape index (κ2) is 4.05. The van der Waals surface area contributed by atoms with E-state index in [-0.39, 0.29) is 6.04 Å². The number of hydrogen-bond donors (Lipinski definition) is 1. The van der Waals surface area contributed by atoms with Crippen LogP contribution in [0, 0.1) is 17.8 Å². The number of pyridine rings is 1. The Bertz CT molecular complexity index is 457. The van der Waals surface area contributed by atoms with Crippen molar-refractivity contribution in [1.82, 2.24) is 4.98 Å². The van der Waals surface area contributed by atoms with Crippen molar-refractivity contribution in [2.75, 3.05) is 0 Å². The maximum Gasteiger partial charge on any atom is 0.0315 e. The largest absolute Gasteiger partial charge is 0.324 e. The van der Waals surface area contributed by atoms with Gasteiger partial charge in [-0.25, -0.2) is 0 Å². The number of rotatable bonds is 2. The fourth-order valence-corrected chi connectivity index (χ4v) is 5.46. The standard InChI is InChI=1S/C17H24N2/c1-11(18)15-5-16(10-19-9-15)17-6-12-2-13(7-17)4-14(3-12)8-17/h5,9-14H,2-4,6-8,18H2,1H3. The molecule has 1 aromatic rings. The third kappa shape index (κ3) is 1.84. The van der Waals surface area contributed by atoms with Gasteiger partial charge in [0.1, 0.15) is 0 Å². The molecule has 0 amide bonds. The predicted octanol–water partition coefficient (Wildman–Crippen LogP) is 3.57. The summed E-state index contributed by atoms with van der Waals surface area (Å²) in [4.78, 5) is 4.48. The Labute approximate surface area is 115 Å². The number of nitrogens with zero attached hydrogens (tertiary/aromatic N) is 1. The molecule has 1 heterocycles. The zero-order valence-corrected chi connectivity index (χ0v) is 11.8. The summed E-state index contributed by atoms with van der Waals surface area (Å²) in [5.74, 6) is 2.97. The van der Waals surface area contributed by atoms with E-state index >= 15 is 0 Å². The Kier molecular flexibility index (Phi) is 2.54. The minimum Gasteiger partial charge on any atom is -0.324 e. The summed E-state index contributed by atoms with van der Waals surface area (Å²) in [6.07, 6.45) is 12.8. The molecule has 1 unspecified atom stereocenters. The van der Waals surface area contributed by atoms with Gasteiger partial charge in [0.15, 0.2) is 0 Å². The lowest BCUT2D eigenvalue weighted by molar-refractivity contribution is -0.00537. The molecular formula is C17H24N2. The van der Waals surface area contributed by atoms with Gasteiger partial charge in [0.25, 0.3) is 0 Å². The van der Waals surface area contributed by atoms with Crippen molar-refractivity contribution < 1.29 is 0 Å². The van der Waals surface area contributed by atoms with E-state index in [1.807, 2.05) is 6.20 Å². The van der Waals surface area contributed by atoms with Crippen molar-refractivity contribution in [3.63, 3.8) is 0 Å².